The summed E-state index contributed by atoms with van der Waals surface area (Å²) in [6.07, 6.45) is -0.876. The third-order valence-electron chi connectivity index (χ3n) is 6.77. The van der Waals surface area contributed by atoms with Gasteiger partial charge in [0.05, 0.1) is 36.1 Å². The second kappa shape index (κ2) is 9.31. The van der Waals surface area contributed by atoms with Crippen LogP contribution in [0.3, 0.4) is 0 Å². The summed E-state index contributed by atoms with van der Waals surface area (Å²) in [6, 6.07) is 7.71. The Morgan fingerprint density at radius 3 is 2.73 bits per heavy atom. The molecule has 0 radical (unpaired) electrons. The number of nitrogens with zero attached hydrogens (tertiary/aromatic N) is 4. The van der Waals surface area contributed by atoms with E-state index in [4.69, 9.17) is 9.47 Å². The van der Waals surface area contributed by atoms with Gasteiger partial charge in [-0.25, -0.2) is 31.9 Å². The minimum atomic E-state index is -2.70. The van der Waals surface area contributed by atoms with Gasteiger partial charge in [0.1, 0.15) is 23.0 Å². The number of hydrogen-bond donors (Lipinski definition) is 0. The van der Waals surface area contributed by atoms with Crippen LogP contribution in [0.5, 0.6) is 0 Å². The predicted octanol–water partition coefficient (Wildman–Crippen LogP) is 5.03. The number of rotatable bonds is 4. The van der Waals surface area contributed by atoms with Crippen LogP contribution in [0.25, 0.3) is 17.0 Å². The summed E-state index contributed by atoms with van der Waals surface area (Å²) in [5.41, 5.74) is 1.46. The van der Waals surface area contributed by atoms with Crippen molar-refractivity contribution in [2.75, 3.05) is 6.61 Å². The van der Waals surface area contributed by atoms with Crippen molar-refractivity contribution in [2.45, 2.75) is 44.5 Å². The highest BCUT2D eigenvalue weighted by molar-refractivity contribution is 5.61. The highest BCUT2D eigenvalue weighted by Gasteiger charge is 2.29. The maximum absolute atomic E-state index is 14.9. The fraction of sp³-hybridized carbons (Fsp3) is 0.308. The lowest BCUT2D eigenvalue weighted by Crippen LogP contribution is -2.25. The van der Waals surface area contributed by atoms with E-state index in [2.05, 4.69) is 15.0 Å². The van der Waals surface area contributed by atoms with Crippen molar-refractivity contribution in [3.63, 3.8) is 0 Å². The van der Waals surface area contributed by atoms with Crippen LogP contribution in [0.4, 0.5) is 17.6 Å². The number of halogens is 4. The van der Waals surface area contributed by atoms with Crippen LogP contribution >= 0.6 is 0 Å². The van der Waals surface area contributed by atoms with E-state index in [1.54, 1.807) is 12.1 Å². The van der Waals surface area contributed by atoms with Gasteiger partial charge >= 0.3 is 0 Å². The first-order valence-electron chi connectivity index (χ1n) is 11.7. The average Bonchev–Trinajstić information content (AvgIpc) is 3.37. The van der Waals surface area contributed by atoms with Crippen LogP contribution in [0, 0.1) is 11.6 Å². The van der Waals surface area contributed by atoms with Gasteiger partial charge in [-0.3, -0.25) is 9.78 Å². The molecule has 37 heavy (non-hydrogen) atoms. The summed E-state index contributed by atoms with van der Waals surface area (Å²) in [4.78, 5) is 26.3. The monoisotopic (exact) mass is 512 g/mol. The zero-order valence-corrected chi connectivity index (χ0v) is 19.3. The highest BCUT2D eigenvalue weighted by atomic mass is 19.3. The van der Waals surface area contributed by atoms with Gasteiger partial charge < -0.3 is 9.47 Å². The topological polar surface area (TPSA) is 78.6 Å². The Balaban J connectivity index is 1.47. The lowest BCUT2D eigenvalue weighted by molar-refractivity contribution is 0.00439. The van der Waals surface area contributed by atoms with Crippen molar-refractivity contribution >= 4 is 5.65 Å². The molecule has 2 atom stereocenters. The lowest BCUT2D eigenvalue weighted by atomic mass is 9.89. The van der Waals surface area contributed by atoms with E-state index in [1.165, 1.54) is 22.7 Å². The van der Waals surface area contributed by atoms with E-state index in [-0.39, 0.29) is 41.9 Å². The van der Waals surface area contributed by atoms with Crippen LogP contribution < -0.4 is 5.56 Å². The molecule has 3 aromatic heterocycles. The zero-order chi connectivity index (χ0) is 25.7. The second-order valence-electron chi connectivity index (χ2n) is 9.05. The van der Waals surface area contributed by atoms with E-state index in [1.807, 2.05) is 0 Å². The molecule has 1 aromatic carbocycles. The number of fused-ring (bicyclic) bond motifs is 2. The fourth-order valence-corrected chi connectivity index (χ4v) is 4.91. The summed E-state index contributed by atoms with van der Waals surface area (Å²) in [6.45, 7) is 0.616. The van der Waals surface area contributed by atoms with Gasteiger partial charge in [0.2, 0.25) is 0 Å². The smallest absolute Gasteiger partial charge is 0.280 e. The number of aromatic nitrogens is 4. The van der Waals surface area contributed by atoms with Gasteiger partial charge in [0.15, 0.2) is 5.82 Å². The second-order valence-corrected chi connectivity index (χ2v) is 9.05. The Morgan fingerprint density at radius 1 is 1.05 bits per heavy atom. The van der Waals surface area contributed by atoms with E-state index < -0.39 is 29.7 Å². The van der Waals surface area contributed by atoms with E-state index in [0.29, 0.717) is 42.0 Å². The molecule has 6 rings (SSSR count). The molecule has 2 aliphatic heterocycles. The Labute approximate surface area is 207 Å². The van der Waals surface area contributed by atoms with E-state index in [0.717, 1.165) is 12.1 Å². The number of benzene rings is 1. The summed E-state index contributed by atoms with van der Waals surface area (Å²) in [5, 5.41) is 0. The van der Waals surface area contributed by atoms with Crippen molar-refractivity contribution in [3.8, 4) is 11.4 Å². The number of alkyl halides is 2. The van der Waals surface area contributed by atoms with Gasteiger partial charge in [0.25, 0.3) is 12.0 Å². The molecule has 0 bridgehead atoms. The fourth-order valence-electron chi connectivity index (χ4n) is 4.91. The molecule has 190 valence electrons. The Kier molecular flexibility index (Phi) is 5.96. The molecule has 7 nitrogen and oxygen atoms in total. The maximum Gasteiger partial charge on any atom is 0.280 e. The van der Waals surface area contributed by atoms with Gasteiger partial charge in [-0.05, 0) is 42.7 Å². The maximum atomic E-state index is 14.9. The van der Waals surface area contributed by atoms with E-state index in [9.17, 15) is 22.4 Å². The SMILES string of the molecule is O=c1c2c(nc3cc([C@@H]4CCO[C@H](c5ccnc(C(F)F)c5)C4)nc(-c4ccc(F)cc4F)n13)COC2. The summed E-state index contributed by atoms with van der Waals surface area (Å²) in [7, 11) is 0. The molecule has 2 aliphatic rings. The quantitative estimate of drug-likeness (QED) is 0.357. The van der Waals surface area contributed by atoms with Crippen LogP contribution in [0.1, 0.15) is 59.5 Å². The first-order valence-corrected chi connectivity index (χ1v) is 11.7. The molecule has 0 saturated carbocycles. The van der Waals surface area contributed by atoms with Crippen LogP contribution in [0.15, 0.2) is 47.4 Å². The Bertz CT molecular complexity index is 1580. The van der Waals surface area contributed by atoms with Gasteiger partial charge in [-0.2, -0.15) is 0 Å². The number of hydrogen-bond acceptors (Lipinski definition) is 6. The molecule has 0 aliphatic carbocycles. The largest absolute Gasteiger partial charge is 0.373 e. The molecule has 0 unspecified atom stereocenters. The first kappa shape index (κ1) is 23.7. The first-order chi connectivity index (χ1) is 17.9. The standard InChI is InChI=1S/C26H20F4N4O3/c27-15-1-2-16(18(28)9-15)25-33-19(10-23-32-21-12-36-11-17(21)26(35)34(23)25)13-4-6-37-22(8-13)14-3-5-31-20(7-14)24(29)30/h1-3,5,7,9-10,13,22,24H,4,6,8,11-12H2/t13-,22+/m1/s1. The molecular formula is C26H20F4N4O3. The zero-order valence-electron chi connectivity index (χ0n) is 19.3. The molecule has 1 fully saturated rings. The summed E-state index contributed by atoms with van der Waals surface area (Å²) < 4.78 is 67.4. The molecular weight excluding hydrogens is 492 g/mol. The predicted molar refractivity (Wildman–Crippen MR) is 123 cm³/mol. The minimum Gasteiger partial charge on any atom is -0.373 e. The normalized spacial score (nSPS) is 19.5. The third-order valence-corrected chi connectivity index (χ3v) is 6.77. The molecule has 4 aromatic rings. The summed E-state index contributed by atoms with van der Waals surface area (Å²) in [5.74, 6) is -1.82. The lowest BCUT2D eigenvalue weighted by Gasteiger charge is -2.30. The molecule has 11 heteroatoms. The van der Waals surface area contributed by atoms with Crippen molar-refractivity contribution in [1.82, 2.24) is 19.4 Å². The molecule has 0 spiro atoms. The van der Waals surface area contributed by atoms with E-state index >= 15 is 0 Å². The van der Waals surface area contributed by atoms with Crippen molar-refractivity contribution < 1.29 is 27.0 Å². The average molecular weight is 512 g/mol. The van der Waals surface area contributed by atoms with Crippen LogP contribution in [-0.2, 0) is 22.7 Å². The Morgan fingerprint density at radius 2 is 1.92 bits per heavy atom. The Hall–Kier alpha value is -3.70. The van der Waals surface area contributed by atoms with Gasteiger partial charge in [0, 0.05) is 36.5 Å². The van der Waals surface area contributed by atoms with Crippen molar-refractivity contribution in [2.24, 2.45) is 0 Å². The molecule has 0 N–H and O–H groups in total. The number of pyridine rings is 1. The van der Waals surface area contributed by atoms with Crippen molar-refractivity contribution in [3.05, 3.63) is 92.8 Å². The molecule has 0 amide bonds. The number of ether oxygens (including phenoxy) is 2. The van der Waals surface area contributed by atoms with Gasteiger partial charge in [-0.1, -0.05) is 0 Å². The van der Waals surface area contributed by atoms with Gasteiger partial charge in [-0.15, -0.1) is 0 Å². The van der Waals surface area contributed by atoms with Crippen molar-refractivity contribution in [1.29, 1.82) is 0 Å². The summed E-state index contributed by atoms with van der Waals surface area (Å²) >= 11 is 0. The molecule has 5 heterocycles. The minimum absolute atomic E-state index is 0.00383. The van der Waals surface area contributed by atoms with Crippen LogP contribution in [-0.4, -0.2) is 26.0 Å². The molecule has 1 saturated heterocycles. The van der Waals surface area contributed by atoms with Crippen LogP contribution in [0.2, 0.25) is 0 Å². The highest BCUT2D eigenvalue weighted by Crippen LogP contribution is 2.38. The third kappa shape index (κ3) is 4.27.